The van der Waals surface area contributed by atoms with Crippen molar-refractivity contribution in [1.82, 2.24) is 5.32 Å². The molecule has 6 atom stereocenters. The zero-order chi connectivity index (χ0) is 16.7. The molecule has 1 saturated heterocycles. The van der Waals surface area contributed by atoms with E-state index in [9.17, 15) is 0 Å². The summed E-state index contributed by atoms with van der Waals surface area (Å²) in [5.41, 5.74) is 1.03. The molecule has 2 aliphatic carbocycles. The van der Waals surface area contributed by atoms with Crippen LogP contribution in [-0.4, -0.2) is 13.1 Å². The lowest BCUT2D eigenvalue weighted by Gasteiger charge is -2.56. The van der Waals surface area contributed by atoms with Crippen molar-refractivity contribution in [1.29, 1.82) is 0 Å². The molecule has 0 aromatic heterocycles. The Morgan fingerprint density at radius 2 is 1.61 bits per heavy atom. The molecule has 2 saturated carbocycles. The van der Waals surface area contributed by atoms with Crippen LogP contribution in [0.5, 0.6) is 0 Å². The first kappa shape index (κ1) is 17.8. The second kappa shape index (κ2) is 6.70. The van der Waals surface area contributed by atoms with Crippen molar-refractivity contribution in [3.63, 3.8) is 0 Å². The first-order chi connectivity index (χ1) is 10.9. The molecule has 6 unspecified atom stereocenters. The van der Waals surface area contributed by atoms with Crippen LogP contribution in [0.2, 0.25) is 0 Å². The highest BCUT2D eigenvalue weighted by Gasteiger charge is 2.57. The van der Waals surface area contributed by atoms with Gasteiger partial charge >= 0.3 is 0 Å². The highest BCUT2D eigenvalue weighted by atomic mass is 14.9. The molecular formula is C22H41N. The smallest absolute Gasteiger partial charge is 0.00111 e. The molecule has 23 heavy (non-hydrogen) atoms. The van der Waals surface area contributed by atoms with Crippen molar-refractivity contribution in [2.45, 2.75) is 86.0 Å². The summed E-state index contributed by atoms with van der Waals surface area (Å²) in [6, 6.07) is 0. The third-order valence-corrected chi connectivity index (χ3v) is 8.77. The Labute approximate surface area is 145 Å². The second-order valence-electron chi connectivity index (χ2n) is 10.1. The maximum absolute atomic E-state index is 3.74. The zero-order valence-corrected chi connectivity index (χ0v) is 16.5. The van der Waals surface area contributed by atoms with E-state index in [0.29, 0.717) is 10.8 Å². The molecule has 0 bridgehead atoms. The topological polar surface area (TPSA) is 12.0 Å². The molecule has 3 rings (SSSR count). The van der Waals surface area contributed by atoms with Gasteiger partial charge in [-0.1, -0.05) is 66.7 Å². The second-order valence-corrected chi connectivity index (χ2v) is 10.1. The van der Waals surface area contributed by atoms with Gasteiger partial charge in [0.2, 0.25) is 0 Å². The zero-order valence-electron chi connectivity index (χ0n) is 16.5. The lowest BCUT2D eigenvalue weighted by Crippen LogP contribution is -2.52. The fraction of sp³-hybridized carbons (Fsp3) is 1.00. The van der Waals surface area contributed by atoms with Gasteiger partial charge in [-0.2, -0.15) is 0 Å². The van der Waals surface area contributed by atoms with Crippen molar-refractivity contribution in [3.05, 3.63) is 0 Å². The molecule has 1 heteroatoms. The largest absolute Gasteiger partial charge is 0.316 e. The van der Waals surface area contributed by atoms with E-state index in [1.165, 1.54) is 64.5 Å². The predicted molar refractivity (Wildman–Crippen MR) is 100 cm³/mol. The summed E-state index contributed by atoms with van der Waals surface area (Å²) in [7, 11) is 0. The standard InChI is InChI=1S/C22H41N/c1-16-7-6-8-19(12-9-16)22(5,21(4)13-14-23-15-21)20-17(2)10-11-18(20)3/h16-20,23H,6-15H2,1-5H3. The van der Waals surface area contributed by atoms with Gasteiger partial charge in [0.1, 0.15) is 0 Å². The van der Waals surface area contributed by atoms with Gasteiger partial charge in [-0.05, 0) is 66.2 Å². The molecule has 0 amide bonds. The molecule has 0 aromatic rings. The SMILES string of the molecule is CC1CCCC(C(C)(C2C(C)CCC2C)C2(C)CCNC2)CC1. The Balaban J connectivity index is 1.95. The molecule has 0 spiro atoms. The summed E-state index contributed by atoms with van der Waals surface area (Å²) in [6.07, 6.45) is 11.7. The van der Waals surface area contributed by atoms with Crippen LogP contribution >= 0.6 is 0 Å². The maximum atomic E-state index is 3.74. The summed E-state index contributed by atoms with van der Waals surface area (Å²) in [5.74, 6) is 4.69. The number of hydrogen-bond acceptors (Lipinski definition) is 1. The Hall–Kier alpha value is -0.0400. The van der Waals surface area contributed by atoms with Crippen molar-refractivity contribution in [2.24, 2.45) is 40.4 Å². The van der Waals surface area contributed by atoms with Gasteiger partial charge in [0.25, 0.3) is 0 Å². The molecule has 1 heterocycles. The summed E-state index contributed by atoms with van der Waals surface area (Å²) in [5, 5.41) is 3.74. The Kier molecular flexibility index (Phi) is 5.17. The molecule has 0 radical (unpaired) electrons. The first-order valence-electron chi connectivity index (χ1n) is 10.6. The minimum Gasteiger partial charge on any atom is -0.316 e. The summed E-state index contributed by atoms with van der Waals surface area (Å²) < 4.78 is 0. The van der Waals surface area contributed by atoms with E-state index < -0.39 is 0 Å². The Bertz CT molecular complexity index is 387. The van der Waals surface area contributed by atoms with Gasteiger partial charge in [0.05, 0.1) is 0 Å². The van der Waals surface area contributed by atoms with E-state index in [4.69, 9.17) is 0 Å². The average Bonchev–Trinajstić information content (AvgIpc) is 3.02. The minimum absolute atomic E-state index is 0.503. The molecule has 134 valence electrons. The van der Waals surface area contributed by atoms with Gasteiger partial charge < -0.3 is 5.32 Å². The molecule has 0 aromatic carbocycles. The Morgan fingerprint density at radius 3 is 2.22 bits per heavy atom. The van der Waals surface area contributed by atoms with E-state index in [1.807, 2.05) is 0 Å². The fourth-order valence-corrected chi connectivity index (χ4v) is 7.16. The molecular weight excluding hydrogens is 278 g/mol. The molecule has 1 aliphatic heterocycles. The van der Waals surface area contributed by atoms with Crippen LogP contribution in [0.15, 0.2) is 0 Å². The summed E-state index contributed by atoms with van der Waals surface area (Å²) in [4.78, 5) is 0. The van der Waals surface area contributed by atoms with Gasteiger partial charge in [-0.3, -0.25) is 0 Å². The highest BCUT2D eigenvalue weighted by molar-refractivity contribution is 5.07. The van der Waals surface area contributed by atoms with Crippen LogP contribution in [0.25, 0.3) is 0 Å². The lowest BCUT2D eigenvalue weighted by atomic mass is 9.49. The minimum atomic E-state index is 0.503. The van der Waals surface area contributed by atoms with Crippen LogP contribution in [0.3, 0.4) is 0 Å². The quantitative estimate of drug-likeness (QED) is 0.639. The third kappa shape index (κ3) is 3.00. The van der Waals surface area contributed by atoms with Crippen molar-refractivity contribution >= 4 is 0 Å². The van der Waals surface area contributed by atoms with Crippen LogP contribution in [0.4, 0.5) is 0 Å². The van der Waals surface area contributed by atoms with Crippen LogP contribution < -0.4 is 5.32 Å². The number of rotatable bonds is 3. The molecule has 1 N–H and O–H groups in total. The number of hydrogen-bond donors (Lipinski definition) is 1. The van der Waals surface area contributed by atoms with Crippen molar-refractivity contribution < 1.29 is 0 Å². The third-order valence-electron chi connectivity index (χ3n) is 8.77. The van der Waals surface area contributed by atoms with Crippen molar-refractivity contribution in [2.75, 3.05) is 13.1 Å². The first-order valence-corrected chi connectivity index (χ1v) is 10.6. The maximum Gasteiger partial charge on any atom is 0.00111 e. The average molecular weight is 320 g/mol. The monoisotopic (exact) mass is 319 g/mol. The lowest BCUT2D eigenvalue weighted by molar-refractivity contribution is -0.0717. The van der Waals surface area contributed by atoms with Crippen LogP contribution in [0, 0.1) is 40.4 Å². The predicted octanol–water partition coefficient (Wildman–Crippen LogP) is 5.89. The van der Waals surface area contributed by atoms with Crippen molar-refractivity contribution in [3.8, 4) is 0 Å². The van der Waals surface area contributed by atoms with Gasteiger partial charge in [-0.25, -0.2) is 0 Å². The molecule has 3 fully saturated rings. The Morgan fingerprint density at radius 1 is 0.913 bits per heavy atom. The molecule has 3 aliphatic rings. The van der Waals surface area contributed by atoms with Gasteiger partial charge in [-0.15, -0.1) is 0 Å². The van der Waals surface area contributed by atoms with Gasteiger partial charge in [0.15, 0.2) is 0 Å². The van der Waals surface area contributed by atoms with E-state index in [0.717, 1.165) is 29.6 Å². The summed E-state index contributed by atoms with van der Waals surface area (Å²) in [6.45, 7) is 15.5. The molecule has 1 nitrogen and oxygen atoms in total. The van der Waals surface area contributed by atoms with E-state index >= 15 is 0 Å². The highest BCUT2D eigenvalue weighted by Crippen LogP contribution is 2.62. The normalized spacial score (nSPS) is 48.1. The fourth-order valence-electron chi connectivity index (χ4n) is 7.16. The number of nitrogens with one attached hydrogen (secondary N) is 1. The van der Waals surface area contributed by atoms with Crippen LogP contribution in [-0.2, 0) is 0 Å². The van der Waals surface area contributed by atoms with Gasteiger partial charge in [0, 0.05) is 6.54 Å². The van der Waals surface area contributed by atoms with E-state index in [2.05, 4.69) is 39.9 Å². The summed E-state index contributed by atoms with van der Waals surface area (Å²) >= 11 is 0. The van der Waals surface area contributed by atoms with E-state index in [-0.39, 0.29) is 0 Å². The van der Waals surface area contributed by atoms with E-state index in [1.54, 1.807) is 0 Å². The van der Waals surface area contributed by atoms with Crippen LogP contribution in [0.1, 0.15) is 86.0 Å².